The van der Waals surface area contributed by atoms with Gasteiger partial charge in [-0.15, -0.1) is 0 Å². The predicted molar refractivity (Wildman–Crippen MR) is 102 cm³/mol. The van der Waals surface area contributed by atoms with Gasteiger partial charge in [0, 0.05) is 46.6 Å². The first-order chi connectivity index (χ1) is 11.2. The summed E-state index contributed by atoms with van der Waals surface area (Å²) in [5.41, 5.74) is 1.34. The lowest BCUT2D eigenvalue weighted by Gasteiger charge is -2.12. The number of nitrogens with zero attached hydrogens (tertiary/aromatic N) is 3. The Labute approximate surface area is 157 Å². The molecule has 0 bridgehead atoms. The minimum Gasteiger partial charge on any atom is -0.298 e. The van der Waals surface area contributed by atoms with Crippen LogP contribution >= 0.6 is 27.5 Å². The summed E-state index contributed by atoms with van der Waals surface area (Å²) in [6, 6.07) is 3.43. The summed E-state index contributed by atoms with van der Waals surface area (Å²) in [6.45, 7) is 5.62. The van der Waals surface area contributed by atoms with E-state index in [-0.39, 0.29) is 4.75 Å². The van der Waals surface area contributed by atoms with Crippen molar-refractivity contribution in [2.75, 3.05) is 0 Å². The van der Waals surface area contributed by atoms with E-state index >= 15 is 0 Å². The van der Waals surface area contributed by atoms with E-state index in [1.807, 2.05) is 20.8 Å². The second kappa shape index (κ2) is 9.76. The van der Waals surface area contributed by atoms with Crippen LogP contribution in [0.4, 0.5) is 0 Å². The summed E-state index contributed by atoms with van der Waals surface area (Å²) in [5, 5.41) is 0.542. The molecule has 0 radical (unpaired) electrons. The molecule has 1 atom stereocenters. The van der Waals surface area contributed by atoms with Gasteiger partial charge in [-0.2, -0.15) is 4.40 Å². The van der Waals surface area contributed by atoms with Gasteiger partial charge in [0.25, 0.3) is 0 Å². The van der Waals surface area contributed by atoms with Crippen molar-refractivity contribution >= 4 is 51.0 Å². The fraction of sp³-hybridized carbons (Fsp3) is 0.250. The molecule has 0 unspecified atom stereocenters. The molecule has 0 aliphatic rings. The zero-order valence-electron chi connectivity index (χ0n) is 13.4. The molecule has 2 heterocycles. The third kappa shape index (κ3) is 7.90. The molecule has 2 aromatic heterocycles. The molecule has 0 amide bonds. The van der Waals surface area contributed by atoms with Gasteiger partial charge in [0.2, 0.25) is 0 Å². The zero-order valence-corrected chi connectivity index (χ0v) is 16.6. The first-order valence-corrected chi connectivity index (χ1v) is 9.12. The maximum atomic E-state index is 11.6. The van der Waals surface area contributed by atoms with Gasteiger partial charge < -0.3 is 0 Å². The minimum atomic E-state index is -1.25. The summed E-state index contributed by atoms with van der Waals surface area (Å²) >= 11 is 8.93. The van der Waals surface area contributed by atoms with Crippen molar-refractivity contribution in [1.82, 2.24) is 9.97 Å². The largest absolute Gasteiger partial charge is 0.298 e. The molecule has 0 saturated heterocycles. The Morgan fingerprint density at radius 3 is 2.25 bits per heavy atom. The first kappa shape index (κ1) is 20.6. The Morgan fingerprint density at radius 2 is 1.75 bits per heavy atom. The van der Waals surface area contributed by atoms with Crippen LogP contribution in [-0.2, 0) is 11.0 Å². The smallest absolute Gasteiger partial charge is 0.151 e. The van der Waals surface area contributed by atoms with Crippen LogP contribution in [0.5, 0.6) is 0 Å². The number of rotatable bonds is 3. The van der Waals surface area contributed by atoms with Crippen molar-refractivity contribution in [3.63, 3.8) is 0 Å². The van der Waals surface area contributed by atoms with Gasteiger partial charge in [-0.05, 0) is 48.8 Å². The number of carbonyl (C=O) groups is 1. The van der Waals surface area contributed by atoms with Crippen LogP contribution in [0.25, 0.3) is 0 Å². The standard InChI is InChI=1S/C10H13ClN2OS.C6H4BrNO/c1-10(2,3)15(14)13-6-8-4-9(11)7-12-5-8;7-6-1-5(4-9)2-8-3-6/h4-7H,1-3H3;1-4H/t15-;/m1./s1. The van der Waals surface area contributed by atoms with Crippen LogP contribution in [0.3, 0.4) is 0 Å². The second-order valence-electron chi connectivity index (χ2n) is 5.59. The number of aromatic nitrogens is 2. The van der Waals surface area contributed by atoms with Crippen LogP contribution in [0.1, 0.15) is 36.7 Å². The quantitative estimate of drug-likeness (QED) is 0.538. The van der Waals surface area contributed by atoms with Crippen molar-refractivity contribution in [1.29, 1.82) is 0 Å². The molecule has 0 aliphatic carbocycles. The Morgan fingerprint density at radius 1 is 1.12 bits per heavy atom. The molecule has 5 nitrogen and oxygen atoms in total. The highest BCUT2D eigenvalue weighted by Crippen LogP contribution is 2.13. The summed E-state index contributed by atoms with van der Waals surface area (Å²) in [4.78, 5) is 17.8. The van der Waals surface area contributed by atoms with Crippen LogP contribution in [0.15, 0.2) is 45.8 Å². The van der Waals surface area contributed by atoms with Crippen molar-refractivity contribution in [2.24, 2.45) is 4.40 Å². The molecule has 24 heavy (non-hydrogen) atoms. The van der Waals surface area contributed by atoms with E-state index in [4.69, 9.17) is 11.6 Å². The van der Waals surface area contributed by atoms with E-state index in [0.29, 0.717) is 10.6 Å². The van der Waals surface area contributed by atoms with E-state index in [2.05, 4.69) is 30.3 Å². The van der Waals surface area contributed by atoms with Crippen LogP contribution < -0.4 is 0 Å². The Hall–Kier alpha value is -1.44. The van der Waals surface area contributed by atoms with Gasteiger partial charge in [0.05, 0.1) is 9.77 Å². The van der Waals surface area contributed by atoms with Crippen molar-refractivity contribution in [3.05, 3.63) is 57.5 Å². The number of aldehydes is 1. The summed E-state index contributed by atoms with van der Waals surface area (Å²) in [5.74, 6) is 0. The van der Waals surface area contributed by atoms with Crippen LogP contribution in [0.2, 0.25) is 5.02 Å². The molecule has 0 N–H and O–H groups in total. The number of hydrogen-bond acceptors (Lipinski definition) is 4. The van der Waals surface area contributed by atoms with Gasteiger partial charge in [-0.1, -0.05) is 11.6 Å². The fourth-order valence-corrected chi connectivity index (χ4v) is 2.36. The van der Waals surface area contributed by atoms with E-state index in [1.165, 1.54) is 12.4 Å². The van der Waals surface area contributed by atoms with Gasteiger partial charge >= 0.3 is 0 Å². The topological polar surface area (TPSA) is 72.3 Å². The monoisotopic (exact) mass is 429 g/mol. The third-order valence-electron chi connectivity index (χ3n) is 2.41. The van der Waals surface area contributed by atoms with E-state index in [0.717, 1.165) is 16.3 Å². The molecule has 128 valence electrons. The van der Waals surface area contributed by atoms with Gasteiger partial charge in [0.1, 0.15) is 11.0 Å². The normalized spacial score (nSPS) is 12.4. The fourth-order valence-electron chi connectivity index (χ4n) is 1.26. The molecule has 0 spiro atoms. The predicted octanol–water partition coefficient (Wildman–Crippen LogP) is 4.27. The van der Waals surface area contributed by atoms with Gasteiger partial charge in [-0.3, -0.25) is 14.8 Å². The number of carbonyl (C=O) groups excluding carboxylic acids is 1. The first-order valence-electron chi connectivity index (χ1n) is 6.84. The van der Waals surface area contributed by atoms with Gasteiger partial charge in [-0.25, -0.2) is 4.21 Å². The van der Waals surface area contributed by atoms with Gasteiger partial charge in [0.15, 0.2) is 6.29 Å². The van der Waals surface area contributed by atoms with E-state index in [1.54, 1.807) is 30.7 Å². The summed E-state index contributed by atoms with van der Waals surface area (Å²) in [7, 11) is -1.25. The van der Waals surface area contributed by atoms with Crippen molar-refractivity contribution in [3.8, 4) is 0 Å². The SMILES string of the molecule is CC(C)(C)[S@@](=O)N=Cc1cncc(Cl)c1.O=Cc1cncc(Br)c1. The molecular weight excluding hydrogens is 414 g/mol. The molecule has 0 aromatic carbocycles. The average Bonchev–Trinajstić information content (AvgIpc) is 2.52. The molecule has 2 rings (SSSR count). The van der Waals surface area contributed by atoms with Crippen molar-refractivity contribution in [2.45, 2.75) is 25.5 Å². The lowest BCUT2D eigenvalue weighted by Crippen LogP contribution is -2.19. The van der Waals surface area contributed by atoms with Crippen LogP contribution in [-0.4, -0.2) is 31.4 Å². The molecular formula is C16H17BrClN3O2S. The summed E-state index contributed by atoms with van der Waals surface area (Å²) in [6.07, 6.45) is 8.59. The highest BCUT2D eigenvalue weighted by Gasteiger charge is 2.18. The van der Waals surface area contributed by atoms with E-state index in [9.17, 15) is 9.00 Å². The second-order valence-corrected chi connectivity index (χ2v) is 8.87. The lowest BCUT2D eigenvalue weighted by molar-refractivity contribution is 0.112. The lowest BCUT2D eigenvalue weighted by atomic mass is 10.3. The number of pyridine rings is 2. The summed E-state index contributed by atoms with van der Waals surface area (Å²) < 4.78 is 16.0. The van der Waals surface area contributed by atoms with Crippen LogP contribution in [0, 0.1) is 0 Å². The van der Waals surface area contributed by atoms with E-state index < -0.39 is 11.0 Å². The Bertz CT molecular complexity index is 748. The minimum absolute atomic E-state index is 0.345. The number of halogens is 2. The maximum absolute atomic E-state index is 11.6. The molecule has 0 aliphatic heterocycles. The van der Waals surface area contributed by atoms with Crippen molar-refractivity contribution < 1.29 is 9.00 Å². The molecule has 2 aromatic rings. The highest BCUT2D eigenvalue weighted by atomic mass is 79.9. The molecule has 8 heteroatoms. The third-order valence-corrected chi connectivity index (χ3v) is 4.39. The number of hydrogen-bond donors (Lipinski definition) is 0. The molecule has 0 saturated carbocycles. The highest BCUT2D eigenvalue weighted by molar-refractivity contribution is 9.10. The molecule has 0 fully saturated rings. The Kier molecular flexibility index (Phi) is 8.38. The average molecular weight is 431 g/mol. The maximum Gasteiger partial charge on any atom is 0.151 e. The Balaban J connectivity index is 0.000000272. The zero-order chi connectivity index (χ0) is 18.2.